The number of urea groups is 1. The highest BCUT2D eigenvalue weighted by Gasteiger charge is 2.44. The third-order valence-corrected chi connectivity index (χ3v) is 7.43. The van der Waals surface area contributed by atoms with Crippen LogP contribution in [0.4, 0.5) is 4.79 Å². The van der Waals surface area contributed by atoms with Crippen molar-refractivity contribution < 1.29 is 14.4 Å². The average Bonchev–Trinajstić information content (AvgIpc) is 3.11. The lowest BCUT2D eigenvalue weighted by molar-refractivity contribution is -0.123. The van der Waals surface area contributed by atoms with E-state index in [1.807, 2.05) is 4.90 Å². The summed E-state index contributed by atoms with van der Waals surface area (Å²) < 4.78 is 0. The number of carbonyl (C=O) groups is 3. The topological polar surface area (TPSA) is 81.8 Å². The number of piperidine rings is 2. The molecule has 7 nitrogen and oxygen atoms in total. The molecule has 0 bridgehead atoms. The van der Waals surface area contributed by atoms with E-state index in [1.54, 1.807) is 31.2 Å². The van der Waals surface area contributed by atoms with E-state index >= 15 is 0 Å². The van der Waals surface area contributed by atoms with E-state index in [9.17, 15) is 14.4 Å². The van der Waals surface area contributed by atoms with E-state index in [2.05, 4.69) is 45.9 Å². The molecule has 0 spiro atoms. The first kappa shape index (κ1) is 21.6. The Morgan fingerprint density at radius 2 is 1.88 bits per heavy atom. The monoisotopic (exact) mass is 446 g/mol. The molecule has 0 radical (unpaired) electrons. The number of hydrogen-bond acceptors (Lipinski definition) is 4. The zero-order valence-corrected chi connectivity index (χ0v) is 18.9. The summed E-state index contributed by atoms with van der Waals surface area (Å²) >= 11 is 0. The molecule has 3 fully saturated rings. The molecule has 3 aliphatic rings. The third kappa shape index (κ3) is 4.13. The molecule has 3 aliphatic heterocycles. The number of amides is 4. The van der Waals surface area contributed by atoms with Crippen molar-refractivity contribution in [3.8, 4) is 0 Å². The number of nitrogens with one attached hydrogen (secondary N) is 2. The number of carbonyl (C=O) groups excluding carboxylic acids is 3. The summed E-state index contributed by atoms with van der Waals surface area (Å²) in [6, 6.07) is 17.7. The molecule has 7 heteroatoms. The summed E-state index contributed by atoms with van der Waals surface area (Å²) in [6.07, 6.45) is 3.27. The second-order valence-corrected chi connectivity index (χ2v) is 9.58. The Labute approximate surface area is 194 Å². The van der Waals surface area contributed by atoms with Crippen LogP contribution in [0.1, 0.15) is 47.7 Å². The van der Waals surface area contributed by atoms with E-state index < -0.39 is 17.5 Å². The summed E-state index contributed by atoms with van der Waals surface area (Å²) in [7, 11) is 0. The first-order valence-corrected chi connectivity index (χ1v) is 11.8. The molecule has 33 heavy (non-hydrogen) atoms. The number of fused-ring (bicyclic) bond motifs is 1. The van der Waals surface area contributed by atoms with Crippen LogP contribution in [0.2, 0.25) is 0 Å². The molecule has 2 N–H and O–H groups in total. The van der Waals surface area contributed by atoms with Crippen molar-refractivity contribution in [2.75, 3.05) is 19.6 Å². The van der Waals surface area contributed by atoms with Gasteiger partial charge in [0.15, 0.2) is 0 Å². The summed E-state index contributed by atoms with van der Waals surface area (Å²) in [5.74, 6) is 0.0585. The Bertz CT molecular complexity index is 1070. The Hall–Kier alpha value is -3.19. The molecule has 3 unspecified atom stereocenters. The van der Waals surface area contributed by atoms with E-state index in [-0.39, 0.29) is 5.91 Å². The Balaban J connectivity index is 1.29. The zero-order chi connectivity index (χ0) is 23.0. The smallest absolute Gasteiger partial charge is 0.322 e. The number of likely N-dealkylation sites (tertiary alicyclic amines) is 2. The van der Waals surface area contributed by atoms with Gasteiger partial charge < -0.3 is 10.2 Å². The van der Waals surface area contributed by atoms with E-state index in [4.69, 9.17) is 0 Å². The lowest BCUT2D eigenvalue weighted by Crippen LogP contribution is -2.54. The Morgan fingerprint density at radius 3 is 2.64 bits per heavy atom. The van der Waals surface area contributed by atoms with Crippen molar-refractivity contribution in [3.05, 3.63) is 71.3 Å². The summed E-state index contributed by atoms with van der Waals surface area (Å²) in [4.78, 5) is 41.9. The second kappa shape index (κ2) is 8.63. The molecule has 5 rings (SSSR count). The Kier molecular flexibility index (Phi) is 5.66. The summed E-state index contributed by atoms with van der Waals surface area (Å²) in [5.41, 5.74) is 1.34. The standard InChI is InChI=1S/C26H30N4O3/c1-26(24(32)27-25(33)28-26)21-11-5-9-19(15-21)23(31)30-14-12-22-20(17-30)10-6-13-29(22)16-18-7-3-2-4-8-18/h2-5,7-9,11,15,20,22H,6,10,12-14,16-17H2,1H3,(H2,27,28,32,33). The fourth-order valence-electron chi connectivity index (χ4n) is 5.60. The maximum Gasteiger partial charge on any atom is 0.322 e. The van der Waals surface area contributed by atoms with Gasteiger partial charge >= 0.3 is 6.03 Å². The SMILES string of the molecule is CC1(c2cccc(C(=O)N3CCC4C(CCCN4Cc4ccccc4)C3)c2)NC(=O)NC1=O. The molecule has 3 heterocycles. The van der Waals surface area contributed by atoms with Crippen LogP contribution in [0.3, 0.4) is 0 Å². The molecule has 2 aromatic rings. The van der Waals surface area contributed by atoms with Gasteiger partial charge in [-0.1, -0.05) is 42.5 Å². The van der Waals surface area contributed by atoms with Gasteiger partial charge in [0, 0.05) is 31.2 Å². The minimum atomic E-state index is -1.17. The quantitative estimate of drug-likeness (QED) is 0.708. The van der Waals surface area contributed by atoms with Crippen molar-refractivity contribution >= 4 is 17.8 Å². The zero-order valence-electron chi connectivity index (χ0n) is 18.9. The third-order valence-electron chi connectivity index (χ3n) is 7.43. The minimum Gasteiger partial charge on any atom is -0.338 e. The highest BCUT2D eigenvalue weighted by Crippen LogP contribution is 2.33. The van der Waals surface area contributed by atoms with Gasteiger partial charge in [0.2, 0.25) is 0 Å². The van der Waals surface area contributed by atoms with Crippen LogP contribution in [0, 0.1) is 5.92 Å². The van der Waals surface area contributed by atoms with Crippen LogP contribution >= 0.6 is 0 Å². The van der Waals surface area contributed by atoms with Crippen molar-refractivity contribution in [2.45, 2.75) is 44.3 Å². The molecule has 172 valence electrons. The predicted molar refractivity (Wildman–Crippen MR) is 124 cm³/mol. The van der Waals surface area contributed by atoms with Crippen molar-refractivity contribution in [1.82, 2.24) is 20.4 Å². The largest absolute Gasteiger partial charge is 0.338 e. The van der Waals surface area contributed by atoms with Gasteiger partial charge in [-0.15, -0.1) is 0 Å². The van der Waals surface area contributed by atoms with Crippen molar-refractivity contribution in [1.29, 1.82) is 0 Å². The van der Waals surface area contributed by atoms with Gasteiger partial charge in [0.05, 0.1) is 0 Å². The minimum absolute atomic E-state index is 0.0104. The molecule has 0 saturated carbocycles. The van der Waals surface area contributed by atoms with Crippen LogP contribution in [0.15, 0.2) is 54.6 Å². The van der Waals surface area contributed by atoms with Crippen LogP contribution in [-0.2, 0) is 16.9 Å². The predicted octanol–water partition coefficient (Wildman–Crippen LogP) is 2.87. The van der Waals surface area contributed by atoms with Gasteiger partial charge in [0.25, 0.3) is 11.8 Å². The molecule has 3 saturated heterocycles. The van der Waals surface area contributed by atoms with Gasteiger partial charge in [0.1, 0.15) is 5.54 Å². The lowest BCUT2D eigenvalue weighted by Gasteiger charge is -2.47. The molecule has 0 aromatic heterocycles. The Morgan fingerprint density at radius 1 is 1.06 bits per heavy atom. The lowest BCUT2D eigenvalue weighted by atomic mass is 9.83. The molecule has 4 amide bonds. The maximum absolute atomic E-state index is 13.4. The maximum atomic E-state index is 13.4. The normalized spacial score (nSPS) is 27.6. The molecule has 2 aromatic carbocycles. The fourth-order valence-corrected chi connectivity index (χ4v) is 5.60. The average molecular weight is 447 g/mol. The first-order chi connectivity index (χ1) is 15.9. The molecule has 3 atom stereocenters. The van der Waals surface area contributed by atoms with Crippen LogP contribution in [0.25, 0.3) is 0 Å². The highest BCUT2D eigenvalue weighted by molar-refractivity contribution is 6.07. The van der Waals surface area contributed by atoms with E-state index in [1.165, 1.54) is 5.56 Å². The van der Waals surface area contributed by atoms with Crippen LogP contribution < -0.4 is 10.6 Å². The first-order valence-electron chi connectivity index (χ1n) is 11.8. The summed E-state index contributed by atoms with van der Waals surface area (Å²) in [5, 5.41) is 4.96. The van der Waals surface area contributed by atoms with Gasteiger partial charge in [-0.25, -0.2) is 4.79 Å². The molecular weight excluding hydrogens is 416 g/mol. The van der Waals surface area contributed by atoms with Crippen molar-refractivity contribution in [3.63, 3.8) is 0 Å². The van der Waals surface area contributed by atoms with E-state index in [0.29, 0.717) is 23.1 Å². The molecular formula is C26H30N4O3. The van der Waals surface area contributed by atoms with Crippen LogP contribution in [-0.4, -0.2) is 53.3 Å². The highest BCUT2D eigenvalue weighted by atomic mass is 16.2. The fraction of sp³-hybridized carbons (Fsp3) is 0.423. The van der Waals surface area contributed by atoms with Gasteiger partial charge in [-0.3, -0.25) is 19.8 Å². The molecule has 0 aliphatic carbocycles. The van der Waals surface area contributed by atoms with Crippen LogP contribution in [0.5, 0.6) is 0 Å². The number of benzene rings is 2. The number of hydrogen-bond donors (Lipinski definition) is 2. The second-order valence-electron chi connectivity index (χ2n) is 9.58. The summed E-state index contributed by atoms with van der Waals surface area (Å²) in [6.45, 7) is 5.21. The van der Waals surface area contributed by atoms with Crippen molar-refractivity contribution in [2.24, 2.45) is 5.92 Å². The van der Waals surface area contributed by atoms with Gasteiger partial charge in [-0.2, -0.15) is 0 Å². The number of imide groups is 1. The van der Waals surface area contributed by atoms with Gasteiger partial charge in [-0.05, 0) is 61.9 Å². The van der Waals surface area contributed by atoms with E-state index in [0.717, 1.165) is 45.4 Å². The number of nitrogens with zero attached hydrogens (tertiary/aromatic N) is 2. The number of rotatable bonds is 4.